The van der Waals surface area contributed by atoms with Crippen molar-refractivity contribution in [1.29, 1.82) is 0 Å². The van der Waals surface area contributed by atoms with Gasteiger partial charge in [-0.05, 0) is 25.8 Å². The van der Waals surface area contributed by atoms with Crippen LogP contribution in [-0.2, 0) is 0 Å². The molecule has 0 spiro atoms. The van der Waals surface area contributed by atoms with Gasteiger partial charge in [0.05, 0.1) is 0 Å². The van der Waals surface area contributed by atoms with Crippen molar-refractivity contribution >= 4 is 0 Å². The summed E-state index contributed by atoms with van der Waals surface area (Å²) in [4.78, 5) is 2.02. The number of nitrogens with zero attached hydrogens (tertiary/aromatic N) is 1. The van der Waals surface area contributed by atoms with Crippen LogP contribution in [0.4, 0.5) is 8.78 Å². The Hall–Kier alpha value is -0.440. The van der Waals surface area contributed by atoms with Gasteiger partial charge in [-0.15, -0.1) is 0 Å². The van der Waals surface area contributed by atoms with Gasteiger partial charge in [0.1, 0.15) is 0 Å². The Bertz CT molecular complexity index is 207. The van der Waals surface area contributed by atoms with Crippen LogP contribution in [0.5, 0.6) is 0 Å². The van der Waals surface area contributed by atoms with Crippen LogP contribution in [0.3, 0.4) is 0 Å². The van der Waals surface area contributed by atoms with Crippen molar-refractivity contribution in [1.82, 2.24) is 4.90 Å². The van der Waals surface area contributed by atoms with Gasteiger partial charge >= 0.3 is 0 Å². The van der Waals surface area contributed by atoms with E-state index in [1.165, 1.54) is 0 Å². The highest BCUT2D eigenvalue weighted by Crippen LogP contribution is 2.28. The van der Waals surface area contributed by atoms with Gasteiger partial charge in [0.15, 0.2) is 0 Å². The summed E-state index contributed by atoms with van der Waals surface area (Å²) >= 11 is 0. The zero-order valence-electron chi connectivity index (χ0n) is 8.48. The van der Waals surface area contributed by atoms with Crippen molar-refractivity contribution in [3.8, 4) is 0 Å². The maximum atomic E-state index is 12.3. The minimum absolute atomic E-state index is 0.316. The predicted octanol–water partition coefficient (Wildman–Crippen LogP) is 2.89. The first-order valence-corrected chi connectivity index (χ1v) is 4.74. The summed E-state index contributed by atoms with van der Waals surface area (Å²) in [6, 6.07) is 0.316. The Kier molecular flexibility index (Phi) is 3.42. The number of rotatable bonds is 2. The highest BCUT2D eigenvalue weighted by atomic mass is 19.3. The molecule has 0 radical (unpaired) electrons. The van der Waals surface area contributed by atoms with Crippen molar-refractivity contribution in [3.05, 3.63) is 11.7 Å². The Balaban J connectivity index is 2.57. The van der Waals surface area contributed by atoms with Gasteiger partial charge in [0.25, 0.3) is 6.08 Å². The van der Waals surface area contributed by atoms with E-state index in [4.69, 9.17) is 0 Å². The topological polar surface area (TPSA) is 3.24 Å². The maximum Gasteiger partial charge on any atom is 0.270 e. The minimum Gasteiger partial charge on any atom is -0.299 e. The average molecular weight is 189 g/mol. The molecule has 0 aromatic rings. The molecule has 0 aromatic carbocycles. The summed E-state index contributed by atoms with van der Waals surface area (Å²) in [6.07, 6.45) is 0.0858. The van der Waals surface area contributed by atoms with Crippen molar-refractivity contribution < 1.29 is 8.78 Å². The third-order valence-electron chi connectivity index (χ3n) is 2.56. The lowest BCUT2D eigenvalue weighted by atomic mass is 10.0. The van der Waals surface area contributed by atoms with Gasteiger partial charge in [0, 0.05) is 18.2 Å². The second-order valence-corrected chi connectivity index (χ2v) is 4.27. The molecule has 13 heavy (non-hydrogen) atoms. The summed E-state index contributed by atoms with van der Waals surface area (Å²) in [5.74, 6) is 0.578. The molecular formula is C10H17F2N. The number of hydrogen-bond donors (Lipinski definition) is 0. The van der Waals surface area contributed by atoms with E-state index in [2.05, 4.69) is 13.8 Å². The monoisotopic (exact) mass is 189 g/mol. The van der Waals surface area contributed by atoms with E-state index in [9.17, 15) is 8.78 Å². The second-order valence-electron chi connectivity index (χ2n) is 4.27. The van der Waals surface area contributed by atoms with E-state index in [0.717, 1.165) is 6.42 Å². The number of hydrogen-bond acceptors (Lipinski definition) is 1. The first-order chi connectivity index (χ1) is 6.00. The van der Waals surface area contributed by atoms with E-state index in [1.807, 2.05) is 11.9 Å². The van der Waals surface area contributed by atoms with Gasteiger partial charge in [-0.3, -0.25) is 4.90 Å². The van der Waals surface area contributed by atoms with Crippen LogP contribution in [0.2, 0.25) is 0 Å². The third-order valence-corrected chi connectivity index (χ3v) is 2.56. The first-order valence-electron chi connectivity index (χ1n) is 4.74. The molecule has 1 aliphatic rings. The molecule has 0 bridgehead atoms. The molecule has 1 unspecified atom stereocenters. The predicted molar refractivity (Wildman–Crippen MR) is 49.7 cm³/mol. The summed E-state index contributed by atoms with van der Waals surface area (Å²) in [7, 11) is 1.92. The summed E-state index contributed by atoms with van der Waals surface area (Å²) in [6.45, 7) is 4.70. The largest absolute Gasteiger partial charge is 0.299 e. The van der Waals surface area contributed by atoms with Gasteiger partial charge in [0.2, 0.25) is 0 Å². The summed E-state index contributed by atoms with van der Waals surface area (Å²) in [5, 5.41) is 0. The van der Waals surface area contributed by atoms with Crippen LogP contribution in [0, 0.1) is 5.92 Å². The summed E-state index contributed by atoms with van der Waals surface area (Å²) < 4.78 is 24.6. The maximum absolute atomic E-state index is 12.3. The molecule has 0 saturated carbocycles. The van der Waals surface area contributed by atoms with Crippen LogP contribution < -0.4 is 0 Å². The lowest BCUT2D eigenvalue weighted by molar-refractivity contribution is 0.273. The van der Waals surface area contributed by atoms with Gasteiger partial charge in [-0.25, -0.2) is 0 Å². The standard InChI is InChI=1S/C10H17F2N/c1-7(2)4-9-5-8(10(11)12)6-13(9)3/h7,9H,4-6H2,1-3H3. The SMILES string of the molecule is CC(C)CC1CC(=C(F)F)CN1C. The van der Waals surface area contributed by atoms with Crippen LogP contribution >= 0.6 is 0 Å². The molecule has 0 aromatic heterocycles. The molecule has 0 aliphatic carbocycles. The van der Waals surface area contributed by atoms with E-state index in [0.29, 0.717) is 30.5 Å². The smallest absolute Gasteiger partial charge is 0.270 e. The highest BCUT2D eigenvalue weighted by molar-refractivity contribution is 5.12. The highest BCUT2D eigenvalue weighted by Gasteiger charge is 2.27. The van der Waals surface area contributed by atoms with Gasteiger partial charge in [-0.2, -0.15) is 8.78 Å². The van der Waals surface area contributed by atoms with E-state index >= 15 is 0 Å². The normalized spacial score (nSPS) is 24.5. The molecule has 0 amide bonds. The van der Waals surface area contributed by atoms with Gasteiger partial charge in [-0.1, -0.05) is 13.8 Å². The number of likely N-dealkylation sites (tertiary alicyclic amines) is 1. The molecule has 1 heterocycles. The van der Waals surface area contributed by atoms with Crippen molar-refractivity contribution in [2.75, 3.05) is 13.6 Å². The zero-order chi connectivity index (χ0) is 10.0. The van der Waals surface area contributed by atoms with E-state index in [-0.39, 0.29) is 0 Å². The molecule has 1 aliphatic heterocycles. The second kappa shape index (κ2) is 4.18. The Labute approximate surface area is 78.4 Å². The third kappa shape index (κ3) is 2.76. The zero-order valence-corrected chi connectivity index (χ0v) is 8.48. The molecular weight excluding hydrogens is 172 g/mol. The average Bonchev–Trinajstić information content (AvgIpc) is 2.31. The number of likely N-dealkylation sites (N-methyl/N-ethyl adjacent to an activating group) is 1. The molecule has 1 nitrogen and oxygen atoms in total. The van der Waals surface area contributed by atoms with Crippen LogP contribution in [0.1, 0.15) is 26.7 Å². The lowest BCUT2D eigenvalue weighted by Crippen LogP contribution is -2.26. The molecule has 1 atom stereocenters. The van der Waals surface area contributed by atoms with Crippen LogP contribution in [-0.4, -0.2) is 24.5 Å². The molecule has 0 N–H and O–H groups in total. The molecule has 1 saturated heterocycles. The molecule has 1 rings (SSSR count). The Morgan fingerprint density at radius 3 is 2.54 bits per heavy atom. The molecule has 1 fully saturated rings. The van der Waals surface area contributed by atoms with Crippen LogP contribution in [0.15, 0.2) is 11.7 Å². The summed E-state index contributed by atoms with van der Waals surface area (Å²) in [5.41, 5.74) is 0.327. The van der Waals surface area contributed by atoms with Gasteiger partial charge < -0.3 is 0 Å². The lowest BCUT2D eigenvalue weighted by Gasteiger charge is -2.20. The van der Waals surface area contributed by atoms with E-state index in [1.54, 1.807) is 0 Å². The number of halogens is 2. The molecule has 3 heteroatoms. The Morgan fingerprint density at radius 1 is 1.54 bits per heavy atom. The molecule has 76 valence electrons. The Morgan fingerprint density at radius 2 is 2.15 bits per heavy atom. The first kappa shape index (κ1) is 10.6. The van der Waals surface area contributed by atoms with E-state index < -0.39 is 6.08 Å². The van der Waals surface area contributed by atoms with Crippen molar-refractivity contribution in [2.24, 2.45) is 5.92 Å². The fraction of sp³-hybridized carbons (Fsp3) is 0.800. The minimum atomic E-state index is -1.47. The fourth-order valence-electron chi connectivity index (χ4n) is 1.88. The van der Waals surface area contributed by atoms with Crippen molar-refractivity contribution in [3.63, 3.8) is 0 Å². The van der Waals surface area contributed by atoms with Crippen LogP contribution in [0.25, 0.3) is 0 Å². The fourth-order valence-corrected chi connectivity index (χ4v) is 1.88. The van der Waals surface area contributed by atoms with Crippen molar-refractivity contribution in [2.45, 2.75) is 32.7 Å². The quantitative estimate of drug-likeness (QED) is 0.645.